The zero-order valence-corrected chi connectivity index (χ0v) is 43.4. The second kappa shape index (κ2) is 36.2. The number of hydrogen-bond acceptors (Lipinski definition) is 24. The molecule has 4 atom stereocenters. The van der Waals surface area contributed by atoms with Crippen molar-refractivity contribution in [2.75, 3.05) is 48.8 Å². The largest absolute Gasteiger partial charge is 1.00 e. The van der Waals surface area contributed by atoms with E-state index in [4.69, 9.17) is 41.8 Å². The number of amides is 4. The van der Waals surface area contributed by atoms with Crippen LogP contribution in [0.4, 0.5) is 0 Å². The molecule has 0 bridgehead atoms. The Morgan fingerprint density at radius 1 is 0.644 bits per heavy atom. The molecule has 10 N–H and O–H groups in total. The number of hydrogen-bond donors (Lipinski definition) is 9. The number of nitrogens with two attached hydrogens (primary N) is 2. The molecule has 0 saturated carbocycles. The van der Waals surface area contributed by atoms with E-state index < -0.39 is 153 Å². The Morgan fingerprint density at radius 3 is 1.25 bits per heavy atom. The number of alkyl halides is 1. The van der Waals surface area contributed by atoms with Crippen molar-refractivity contribution >= 4 is 105 Å². The van der Waals surface area contributed by atoms with Crippen LogP contribution in [-0.2, 0) is 52.7 Å². The molecule has 0 aliphatic carbocycles. The molecule has 4 amide bonds. The Bertz CT molecular complexity index is 1990. The summed E-state index contributed by atoms with van der Waals surface area (Å²) in [5, 5.41) is 90.7. The van der Waals surface area contributed by atoms with Crippen LogP contribution in [0.5, 0.6) is 0 Å². The van der Waals surface area contributed by atoms with E-state index in [0.717, 1.165) is 28.5 Å². The Morgan fingerprint density at radius 2 is 0.959 bits per heavy atom. The molecule has 2 rings (SSSR count). The fraction of sp³-hybridized carbons (Fsp3) is 0.686. The molecule has 2 saturated heterocycles. The molecular formula is C35H54BrN10NaO24S2. The number of carbonyl (C=O) groups excluding carboxylic acids is 7. The van der Waals surface area contributed by atoms with E-state index in [2.05, 4.69) is 39.2 Å². The third-order valence-electron chi connectivity index (χ3n) is 9.27. The third kappa shape index (κ3) is 27.2. The molecule has 4 unspecified atom stereocenters. The van der Waals surface area contributed by atoms with E-state index in [1.807, 2.05) is 0 Å². The van der Waals surface area contributed by atoms with Gasteiger partial charge in [0, 0.05) is 43.2 Å². The molecule has 408 valence electrons. The second-order valence-corrected chi connectivity index (χ2v) is 16.7. The number of nitro groups is 4. The van der Waals surface area contributed by atoms with Crippen LogP contribution in [0.3, 0.4) is 0 Å². The van der Waals surface area contributed by atoms with Gasteiger partial charge < -0.3 is 62.2 Å². The van der Waals surface area contributed by atoms with E-state index >= 15 is 0 Å². The van der Waals surface area contributed by atoms with Crippen molar-refractivity contribution in [3.05, 3.63) is 40.5 Å². The molecule has 34 nitrogen and oxygen atoms in total. The minimum Gasteiger partial charge on any atom is -0.550 e. The molecule has 38 heteroatoms. The van der Waals surface area contributed by atoms with Crippen molar-refractivity contribution in [2.45, 2.75) is 101 Å². The van der Waals surface area contributed by atoms with Crippen LogP contribution < -0.4 is 56.8 Å². The molecule has 2 aliphatic heterocycles. The van der Waals surface area contributed by atoms with Gasteiger partial charge in [0.2, 0.25) is 23.6 Å². The van der Waals surface area contributed by atoms with Crippen LogP contribution >= 0.6 is 40.3 Å². The van der Waals surface area contributed by atoms with Crippen LogP contribution in [-0.4, -0.2) is 199 Å². The van der Waals surface area contributed by atoms with Crippen LogP contribution in [0.15, 0.2) is 0 Å². The summed E-state index contributed by atoms with van der Waals surface area (Å²) in [6, 6.07) is -4.49. The number of nitrogens with one attached hydrogen (secondary N) is 2. The normalized spacial score (nSPS) is 14.8. The maximum Gasteiger partial charge on any atom is 1.00 e. The first-order valence-electron chi connectivity index (χ1n) is 19.8. The number of aliphatic carboxylic acids is 5. The third-order valence-corrected chi connectivity index (χ3v) is 11.1. The van der Waals surface area contributed by atoms with Gasteiger partial charge in [0.1, 0.15) is 31.8 Å². The first-order valence-corrected chi connectivity index (χ1v) is 22.8. The Kier molecular flexibility index (Phi) is 36.6. The van der Waals surface area contributed by atoms with Gasteiger partial charge in [0.25, 0.3) is 0 Å². The van der Waals surface area contributed by atoms with Gasteiger partial charge in [-0.2, -0.15) is 12.6 Å². The standard InChI is InChI=1S/C16H23N5O11S.C11H18N2O6S.C5H6BrN3O5.C2H4O2.CH4.Na/c17-9(15(27)28)1-3-12(23)18-10(11(22)2-4-14(25)26)5-33-6-13(24)19-7-16(8-19,20(29)30)21(31)32;12-6(11(18)19)1-3-9(15)13-7(5-20)8(14)2-4-10(16)17;6-1-4(10)7-2-5(3-7,8(11)12)9(13)14;1-2(3)4;;/h9-10H,1-8,17H2,(H,18,23)(H,25,26)(H,27,28);6-7,20H,1-5,12H2,(H,13,15)(H,16,17)(H,18,19);1-3H2;1H3,(H,3,4);1H4;/q;;;;;+1/p-1. The Balaban J connectivity index is -0.000000505. The van der Waals surface area contributed by atoms with Gasteiger partial charge in [-0.15, -0.1) is 11.8 Å². The monoisotopic (exact) mass is 1160 g/mol. The van der Waals surface area contributed by atoms with Crippen molar-refractivity contribution in [1.29, 1.82) is 0 Å². The number of carboxylic acids is 5. The zero-order chi connectivity index (χ0) is 55.6. The zero-order valence-electron chi connectivity index (χ0n) is 38.1. The van der Waals surface area contributed by atoms with E-state index in [-0.39, 0.29) is 104 Å². The van der Waals surface area contributed by atoms with Crippen LogP contribution in [0.25, 0.3) is 0 Å². The topological polar surface area (TPSA) is 547 Å². The number of carbonyl (C=O) groups is 11. The summed E-state index contributed by atoms with van der Waals surface area (Å²) in [7, 11) is 0. The smallest absolute Gasteiger partial charge is 0.550 e. The van der Waals surface area contributed by atoms with Crippen LogP contribution in [0.2, 0.25) is 0 Å². The molecule has 2 fully saturated rings. The summed E-state index contributed by atoms with van der Waals surface area (Å²) in [4.78, 5) is 162. The van der Waals surface area contributed by atoms with Crippen molar-refractivity contribution < 1.29 is 128 Å². The van der Waals surface area contributed by atoms with E-state index in [1.165, 1.54) is 0 Å². The van der Waals surface area contributed by atoms with Crippen molar-refractivity contribution in [3.8, 4) is 0 Å². The SMILES string of the molecule is C.CC(=O)[O-].NC(CCC(=O)NC(CS)C(=O)CCC(=O)O)C(=O)O.NC(CCC(=O)NC(CSCC(=O)N1CC([N+](=O)[O-])([N+](=O)[O-])C1)C(=O)CCC(=O)O)C(=O)O.O=C(CBr)N1CC([N+](=O)[O-])([N+](=O)[O-])C1.[Na+]. The van der Waals surface area contributed by atoms with E-state index in [0.29, 0.717) is 0 Å². The number of ketones is 2. The minimum absolute atomic E-state index is 0. The number of Topliss-reactive ketones (excluding diaryl/α,β-unsaturated/α-hetero) is 2. The van der Waals surface area contributed by atoms with E-state index in [9.17, 15) is 88.4 Å². The quantitative estimate of drug-likeness (QED) is 0.00878. The van der Waals surface area contributed by atoms with Crippen LogP contribution in [0, 0.1) is 40.5 Å². The van der Waals surface area contributed by atoms with Gasteiger partial charge in [0.15, 0.2) is 37.7 Å². The predicted molar refractivity (Wildman–Crippen MR) is 246 cm³/mol. The number of thioether (sulfide) groups is 1. The first kappa shape index (κ1) is 73.8. The van der Waals surface area contributed by atoms with Gasteiger partial charge in [-0.3, -0.25) is 88.4 Å². The summed E-state index contributed by atoms with van der Waals surface area (Å²) in [6.07, 6.45) is -2.10. The van der Waals surface area contributed by atoms with Gasteiger partial charge in [-0.05, 0) is 19.8 Å². The fourth-order valence-corrected chi connectivity index (χ4v) is 6.75. The van der Waals surface area contributed by atoms with Gasteiger partial charge in [-0.1, -0.05) is 23.4 Å². The second-order valence-electron chi connectivity index (χ2n) is 14.7. The molecule has 0 spiro atoms. The first-order chi connectivity index (χ1) is 32.7. The van der Waals surface area contributed by atoms with Gasteiger partial charge in [-0.25, -0.2) is 0 Å². The van der Waals surface area contributed by atoms with Crippen LogP contribution in [0.1, 0.15) is 65.7 Å². The Labute approximate surface area is 452 Å². The molecule has 0 aromatic rings. The number of carboxylic acid groups (broad SMARTS) is 5. The number of rotatable bonds is 28. The molecule has 0 aromatic carbocycles. The summed E-state index contributed by atoms with van der Waals surface area (Å²) in [6.45, 7) is -1.35. The van der Waals surface area contributed by atoms with Gasteiger partial charge >= 0.3 is 64.8 Å². The molecule has 0 radical (unpaired) electrons. The summed E-state index contributed by atoms with van der Waals surface area (Å²) < 4.78 is 0. The van der Waals surface area contributed by atoms with Crippen molar-refractivity contribution in [1.82, 2.24) is 20.4 Å². The molecule has 73 heavy (non-hydrogen) atoms. The maximum absolute atomic E-state index is 12.3. The summed E-state index contributed by atoms with van der Waals surface area (Å²) in [5.41, 5.74) is 5.91. The predicted octanol–water partition coefficient (Wildman–Crippen LogP) is -7.18. The number of likely N-dealkylation sites (tertiary alicyclic amines) is 2. The number of halogens is 1. The van der Waals surface area contributed by atoms with Crippen molar-refractivity contribution in [2.24, 2.45) is 11.5 Å². The molecule has 0 aromatic heterocycles. The average Bonchev–Trinajstić information content (AvgIpc) is 3.23. The number of nitrogens with zero attached hydrogens (tertiary/aromatic N) is 6. The Hall–Kier alpha value is -5.73. The molecular weight excluding hydrogens is 1110 g/mol. The summed E-state index contributed by atoms with van der Waals surface area (Å²) in [5.74, 6) is -9.66. The van der Waals surface area contributed by atoms with Crippen molar-refractivity contribution in [3.63, 3.8) is 0 Å². The van der Waals surface area contributed by atoms with E-state index in [1.54, 1.807) is 0 Å². The molecule has 2 heterocycles. The average molecular weight is 1170 g/mol. The fourth-order valence-electron chi connectivity index (χ4n) is 5.12. The number of thiol groups is 1. The minimum atomic E-state index is -2.44. The molecule has 2 aliphatic rings. The van der Waals surface area contributed by atoms with Gasteiger partial charge in [0.05, 0.1) is 36.0 Å². The summed E-state index contributed by atoms with van der Waals surface area (Å²) >= 11 is 7.65. The maximum atomic E-state index is 12.3.